The van der Waals surface area contributed by atoms with E-state index in [1.165, 1.54) is 0 Å². The van der Waals surface area contributed by atoms with Crippen molar-refractivity contribution in [2.24, 2.45) is 0 Å². The van der Waals surface area contributed by atoms with Crippen LogP contribution in [0.5, 0.6) is 5.88 Å². The Balaban J connectivity index is 2.88. The molecule has 0 saturated heterocycles. The van der Waals surface area contributed by atoms with Crippen LogP contribution in [0.15, 0.2) is 12.1 Å². The first kappa shape index (κ1) is 16.4. The molecule has 20 heavy (non-hydrogen) atoms. The van der Waals surface area contributed by atoms with Crippen LogP contribution in [-0.4, -0.2) is 30.2 Å². The zero-order valence-corrected chi connectivity index (χ0v) is 12.9. The van der Waals surface area contributed by atoms with Gasteiger partial charge < -0.3 is 14.8 Å². The Hall–Kier alpha value is -1.62. The largest absolute Gasteiger partial charge is 0.481 e. The molecule has 1 atom stereocenters. The summed E-state index contributed by atoms with van der Waals surface area (Å²) >= 11 is 0. The van der Waals surface area contributed by atoms with Crippen molar-refractivity contribution in [1.82, 2.24) is 4.98 Å². The third-order valence-corrected chi connectivity index (χ3v) is 3.19. The second-order valence-corrected chi connectivity index (χ2v) is 4.85. The van der Waals surface area contributed by atoms with Crippen LogP contribution >= 0.6 is 0 Å². The van der Waals surface area contributed by atoms with Gasteiger partial charge >= 0.3 is 0 Å². The highest BCUT2D eigenvalue weighted by atomic mass is 16.5. The summed E-state index contributed by atoms with van der Waals surface area (Å²) in [5.74, 6) is 0.387. The third kappa shape index (κ3) is 3.93. The van der Waals surface area contributed by atoms with Crippen LogP contribution in [0, 0.1) is 6.92 Å². The molecule has 0 bridgehead atoms. The maximum Gasteiger partial charge on any atom is 0.256 e. The first-order valence-corrected chi connectivity index (χ1v) is 6.93. The number of ether oxygens (including phenoxy) is 2. The van der Waals surface area contributed by atoms with Crippen LogP contribution in [0.2, 0.25) is 0 Å². The first-order valence-electron chi connectivity index (χ1n) is 6.93. The van der Waals surface area contributed by atoms with Crippen LogP contribution in [0.25, 0.3) is 0 Å². The van der Waals surface area contributed by atoms with Crippen molar-refractivity contribution in [2.75, 3.05) is 19.0 Å². The standard InChI is InChI=1S/C15H24N2O3/c1-6-10-15(4,20-7-2)14(18)17-12-8-9-13(19-5)16-11(12)3/h8-9H,6-7,10H2,1-5H3,(H,17,18). The topological polar surface area (TPSA) is 60.5 Å². The van der Waals surface area contributed by atoms with Gasteiger partial charge in [0.05, 0.1) is 18.5 Å². The summed E-state index contributed by atoms with van der Waals surface area (Å²) in [7, 11) is 1.56. The molecule has 0 fully saturated rings. The molecular formula is C15H24N2O3. The van der Waals surface area contributed by atoms with Crippen LogP contribution < -0.4 is 10.1 Å². The van der Waals surface area contributed by atoms with Crippen LogP contribution in [-0.2, 0) is 9.53 Å². The Morgan fingerprint density at radius 2 is 2.10 bits per heavy atom. The van der Waals surface area contributed by atoms with Crippen molar-refractivity contribution in [3.05, 3.63) is 17.8 Å². The average molecular weight is 280 g/mol. The summed E-state index contributed by atoms with van der Waals surface area (Å²) in [6.07, 6.45) is 1.55. The lowest BCUT2D eigenvalue weighted by Crippen LogP contribution is -2.42. The molecular weight excluding hydrogens is 256 g/mol. The minimum Gasteiger partial charge on any atom is -0.481 e. The van der Waals surface area contributed by atoms with Crippen molar-refractivity contribution >= 4 is 11.6 Å². The van der Waals surface area contributed by atoms with Gasteiger partial charge in [-0.3, -0.25) is 4.79 Å². The lowest BCUT2D eigenvalue weighted by molar-refractivity contribution is -0.139. The lowest BCUT2D eigenvalue weighted by atomic mass is 9.99. The molecule has 0 aliphatic carbocycles. The van der Waals surface area contributed by atoms with E-state index in [0.29, 0.717) is 30.3 Å². The van der Waals surface area contributed by atoms with E-state index in [-0.39, 0.29) is 5.91 Å². The third-order valence-electron chi connectivity index (χ3n) is 3.19. The molecule has 1 aromatic rings. The van der Waals surface area contributed by atoms with E-state index in [1.807, 2.05) is 27.7 Å². The molecule has 1 heterocycles. The van der Waals surface area contributed by atoms with Gasteiger partial charge in [0.25, 0.3) is 5.91 Å². The van der Waals surface area contributed by atoms with Gasteiger partial charge in [0.15, 0.2) is 0 Å². The monoisotopic (exact) mass is 280 g/mol. The predicted molar refractivity (Wildman–Crippen MR) is 79.1 cm³/mol. The minimum atomic E-state index is -0.810. The van der Waals surface area contributed by atoms with E-state index in [0.717, 1.165) is 6.42 Å². The number of hydrogen-bond acceptors (Lipinski definition) is 4. The fourth-order valence-corrected chi connectivity index (χ4v) is 2.09. The number of aromatic nitrogens is 1. The van der Waals surface area contributed by atoms with E-state index in [9.17, 15) is 4.79 Å². The molecule has 0 aliphatic rings. The van der Waals surface area contributed by atoms with Gasteiger partial charge in [0.2, 0.25) is 5.88 Å². The smallest absolute Gasteiger partial charge is 0.256 e. The molecule has 1 amide bonds. The summed E-state index contributed by atoms with van der Waals surface area (Å²) in [5.41, 5.74) is 0.585. The molecule has 1 unspecified atom stereocenters. The van der Waals surface area contributed by atoms with Crippen molar-refractivity contribution in [1.29, 1.82) is 0 Å². The summed E-state index contributed by atoms with van der Waals surface area (Å²) in [6, 6.07) is 3.51. The van der Waals surface area contributed by atoms with Crippen molar-refractivity contribution in [2.45, 2.75) is 46.1 Å². The van der Waals surface area contributed by atoms with Crippen molar-refractivity contribution in [3.63, 3.8) is 0 Å². The molecule has 1 N–H and O–H groups in total. The van der Waals surface area contributed by atoms with Gasteiger partial charge in [0.1, 0.15) is 5.60 Å². The van der Waals surface area contributed by atoms with Crippen molar-refractivity contribution < 1.29 is 14.3 Å². The number of amides is 1. The van der Waals surface area contributed by atoms with E-state index in [2.05, 4.69) is 10.3 Å². The quantitative estimate of drug-likeness (QED) is 0.834. The van der Waals surface area contributed by atoms with Crippen molar-refractivity contribution in [3.8, 4) is 5.88 Å². The Morgan fingerprint density at radius 1 is 1.40 bits per heavy atom. The van der Waals surface area contributed by atoms with Gasteiger partial charge in [-0.25, -0.2) is 4.98 Å². The van der Waals surface area contributed by atoms with E-state index in [4.69, 9.17) is 9.47 Å². The molecule has 5 nitrogen and oxygen atoms in total. The first-order chi connectivity index (χ1) is 9.46. The molecule has 0 saturated carbocycles. The average Bonchev–Trinajstić information content (AvgIpc) is 2.41. The van der Waals surface area contributed by atoms with Gasteiger partial charge in [-0.05, 0) is 33.3 Å². The number of methoxy groups -OCH3 is 1. The Labute approximate surface area is 120 Å². The van der Waals surface area contributed by atoms with Gasteiger partial charge in [0, 0.05) is 12.7 Å². The SMILES string of the molecule is CCCC(C)(OCC)C(=O)Nc1ccc(OC)nc1C. The summed E-state index contributed by atoms with van der Waals surface area (Å²) in [5, 5.41) is 2.89. The number of rotatable bonds is 7. The van der Waals surface area contributed by atoms with E-state index in [1.54, 1.807) is 19.2 Å². The number of nitrogens with zero attached hydrogens (tertiary/aromatic N) is 1. The number of carbonyl (C=O) groups excluding carboxylic acids is 1. The Morgan fingerprint density at radius 3 is 2.60 bits per heavy atom. The van der Waals surface area contributed by atoms with E-state index < -0.39 is 5.60 Å². The highest BCUT2D eigenvalue weighted by molar-refractivity contribution is 5.97. The molecule has 0 aromatic carbocycles. The Kier molecular flexibility index (Phi) is 5.95. The van der Waals surface area contributed by atoms with Crippen LogP contribution in [0.1, 0.15) is 39.3 Å². The summed E-state index contributed by atoms with van der Waals surface area (Å²) < 4.78 is 10.7. The fraction of sp³-hybridized carbons (Fsp3) is 0.600. The number of anilines is 1. The van der Waals surface area contributed by atoms with Gasteiger partial charge in [-0.1, -0.05) is 13.3 Å². The summed E-state index contributed by atoms with van der Waals surface area (Å²) in [4.78, 5) is 16.7. The zero-order chi connectivity index (χ0) is 15.2. The highest BCUT2D eigenvalue weighted by Gasteiger charge is 2.33. The maximum atomic E-state index is 12.4. The molecule has 112 valence electrons. The second kappa shape index (κ2) is 7.24. The molecule has 0 radical (unpaired) electrons. The minimum absolute atomic E-state index is 0.142. The summed E-state index contributed by atoms with van der Waals surface area (Å²) in [6.45, 7) is 8.08. The van der Waals surface area contributed by atoms with Crippen LogP contribution in [0.3, 0.4) is 0 Å². The fourth-order valence-electron chi connectivity index (χ4n) is 2.09. The normalized spacial score (nSPS) is 13.7. The highest BCUT2D eigenvalue weighted by Crippen LogP contribution is 2.23. The van der Waals surface area contributed by atoms with Crippen LogP contribution in [0.4, 0.5) is 5.69 Å². The maximum absolute atomic E-state index is 12.4. The van der Waals surface area contributed by atoms with Gasteiger partial charge in [-0.2, -0.15) is 0 Å². The zero-order valence-electron chi connectivity index (χ0n) is 12.9. The van der Waals surface area contributed by atoms with E-state index >= 15 is 0 Å². The second-order valence-electron chi connectivity index (χ2n) is 4.85. The molecule has 1 rings (SSSR count). The molecule has 0 aliphatic heterocycles. The number of carbonyl (C=O) groups is 1. The number of nitrogens with one attached hydrogen (secondary N) is 1. The molecule has 5 heteroatoms. The lowest BCUT2D eigenvalue weighted by Gasteiger charge is -2.28. The molecule has 1 aromatic heterocycles. The number of pyridine rings is 1. The number of hydrogen-bond donors (Lipinski definition) is 1. The predicted octanol–water partition coefficient (Wildman–Crippen LogP) is 2.93. The Bertz CT molecular complexity index is 454. The molecule has 0 spiro atoms. The number of aryl methyl sites for hydroxylation is 1. The van der Waals surface area contributed by atoms with Gasteiger partial charge in [-0.15, -0.1) is 0 Å².